The van der Waals surface area contributed by atoms with E-state index in [4.69, 9.17) is 4.98 Å². The fraction of sp³-hybridized carbons (Fsp3) is 0.296. The first kappa shape index (κ1) is 20.4. The van der Waals surface area contributed by atoms with Crippen molar-refractivity contribution in [2.24, 2.45) is 0 Å². The van der Waals surface area contributed by atoms with E-state index < -0.39 is 0 Å². The molecule has 0 radical (unpaired) electrons. The summed E-state index contributed by atoms with van der Waals surface area (Å²) in [5, 5.41) is 1.12. The maximum Gasteiger partial charge on any atom is 0.137 e. The molecule has 162 valence electrons. The fourth-order valence-corrected chi connectivity index (χ4v) is 4.84. The molecule has 0 fully saturated rings. The topological polar surface area (TPSA) is 59.4 Å². The van der Waals surface area contributed by atoms with E-state index in [1.54, 1.807) is 6.20 Å². The second-order valence-corrected chi connectivity index (χ2v) is 8.53. The zero-order valence-electron chi connectivity index (χ0n) is 19.0. The molecule has 0 unspecified atom stereocenters. The molecule has 0 aliphatic heterocycles. The van der Waals surface area contributed by atoms with Gasteiger partial charge in [-0.2, -0.15) is 0 Å². The van der Waals surface area contributed by atoms with Crippen LogP contribution in [0.15, 0.2) is 61.2 Å². The van der Waals surface area contributed by atoms with Crippen LogP contribution < -0.4 is 0 Å². The van der Waals surface area contributed by atoms with Gasteiger partial charge in [0.15, 0.2) is 0 Å². The molecule has 5 heteroatoms. The van der Waals surface area contributed by atoms with Crippen molar-refractivity contribution < 1.29 is 0 Å². The third kappa shape index (κ3) is 3.58. The molecule has 1 aromatic carbocycles. The van der Waals surface area contributed by atoms with Crippen LogP contribution in [0.1, 0.15) is 51.4 Å². The summed E-state index contributed by atoms with van der Waals surface area (Å²) in [5.74, 6) is 1.10. The highest BCUT2D eigenvalue weighted by atomic mass is 15.1. The molecule has 0 amide bonds. The maximum atomic E-state index is 4.87. The lowest BCUT2D eigenvalue weighted by atomic mass is 10.0. The van der Waals surface area contributed by atoms with E-state index in [0.29, 0.717) is 6.04 Å². The van der Waals surface area contributed by atoms with Crippen molar-refractivity contribution in [2.45, 2.75) is 52.5 Å². The molecule has 0 saturated heterocycles. The number of rotatable bonds is 7. The minimum Gasteiger partial charge on any atom is -0.346 e. The number of aromatic nitrogens is 5. The van der Waals surface area contributed by atoms with Gasteiger partial charge in [-0.05, 0) is 49.6 Å². The Balaban J connectivity index is 1.64. The number of benzene rings is 1. The molecule has 0 bridgehead atoms. The van der Waals surface area contributed by atoms with Gasteiger partial charge in [-0.3, -0.25) is 4.98 Å². The van der Waals surface area contributed by atoms with Crippen LogP contribution in [0.4, 0.5) is 0 Å². The van der Waals surface area contributed by atoms with Crippen LogP contribution in [0.5, 0.6) is 0 Å². The molecule has 32 heavy (non-hydrogen) atoms. The Kier molecular flexibility index (Phi) is 5.48. The summed E-state index contributed by atoms with van der Waals surface area (Å²) >= 11 is 0. The van der Waals surface area contributed by atoms with E-state index in [2.05, 4.69) is 76.8 Å². The summed E-state index contributed by atoms with van der Waals surface area (Å²) < 4.78 is 2.46. The summed E-state index contributed by atoms with van der Waals surface area (Å²) in [6.45, 7) is 6.66. The Morgan fingerprint density at radius 1 is 0.969 bits per heavy atom. The van der Waals surface area contributed by atoms with Gasteiger partial charge in [-0.15, -0.1) is 0 Å². The predicted molar refractivity (Wildman–Crippen MR) is 132 cm³/mol. The lowest BCUT2D eigenvalue weighted by Crippen LogP contribution is -2.10. The zero-order valence-corrected chi connectivity index (χ0v) is 19.0. The van der Waals surface area contributed by atoms with Crippen molar-refractivity contribution in [3.8, 4) is 22.3 Å². The molecule has 4 aromatic heterocycles. The normalized spacial score (nSPS) is 11.8. The Hall–Kier alpha value is -3.47. The first-order valence-electron chi connectivity index (χ1n) is 11.6. The average Bonchev–Trinajstić information content (AvgIpc) is 3.38. The number of imidazole rings is 1. The van der Waals surface area contributed by atoms with E-state index in [-0.39, 0.29) is 0 Å². The third-order valence-corrected chi connectivity index (χ3v) is 6.31. The van der Waals surface area contributed by atoms with Gasteiger partial charge in [0.25, 0.3) is 0 Å². The van der Waals surface area contributed by atoms with E-state index in [9.17, 15) is 0 Å². The van der Waals surface area contributed by atoms with E-state index in [1.165, 1.54) is 36.8 Å². The number of nitrogens with zero attached hydrogens (tertiary/aromatic N) is 4. The van der Waals surface area contributed by atoms with E-state index >= 15 is 0 Å². The van der Waals surface area contributed by atoms with Gasteiger partial charge < -0.3 is 9.55 Å². The Morgan fingerprint density at radius 2 is 1.81 bits per heavy atom. The van der Waals surface area contributed by atoms with Crippen LogP contribution >= 0.6 is 0 Å². The molecule has 0 aliphatic rings. The van der Waals surface area contributed by atoms with Crippen molar-refractivity contribution in [2.75, 3.05) is 0 Å². The molecule has 1 N–H and O–H groups in total. The fourth-order valence-electron chi connectivity index (χ4n) is 4.84. The maximum absolute atomic E-state index is 4.87. The molecular formula is C27H29N5. The molecule has 0 aliphatic carbocycles. The minimum atomic E-state index is 0.493. The van der Waals surface area contributed by atoms with E-state index in [0.717, 1.165) is 39.1 Å². The van der Waals surface area contributed by atoms with E-state index in [1.807, 2.05) is 18.5 Å². The third-order valence-electron chi connectivity index (χ3n) is 6.31. The van der Waals surface area contributed by atoms with Gasteiger partial charge in [-0.25, -0.2) is 9.97 Å². The van der Waals surface area contributed by atoms with Gasteiger partial charge in [0.1, 0.15) is 11.5 Å². The summed E-state index contributed by atoms with van der Waals surface area (Å²) in [4.78, 5) is 17.1. The highest BCUT2D eigenvalue weighted by molar-refractivity contribution is 5.97. The standard InChI is InChI=1S/C27H29N5/c1-4-7-22(8-5-2)32-18(3)31-25-11-10-19(14-26(25)32)24-17-30-27-23(24)13-21(16-29-27)20-9-6-12-28-15-20/h6,9-17,22H,4-5,7-8H2,1-3H3,(H,29,30). The van der Waals surface area contributed by atoms with Gasteiger partial charge >= 0.3 is 0 Å². The number of nitrogens with one attached hydrogen (secondary N) is 1. The monoisotopic (exact) mass is 423 g/mol. The van der Waals surface area contributed by atoms with Crippen LogP contribution in [0.25, 0.3) is 44.3 Å². The smallest absolute Gasteiger partial charge is 0.137 e. The number of fused-ring (bicyclic) bond motifs is 2. The first-order valence-corrected chi connectivity index (χ1v) is 11.6. The molecule has 4 heterocycles. The summed E-state index contributed by atoms with van der Waals surface area (Å²) in [6.07, 6.45) is 12.3. The molecule has 0 saturated carbocycles. The van der Waals surface area contributed by atoms with Crippen LogP contribution in [0, 0.1) is 6.92 Å². The summed E-state index contributed by atoms with van der Waals surface area (Å²) in [5.41, 5.74) is 7.66. The number of hydrogen-bond donors (Lipinski definition) is 1. The number of H-pyrrole nitrogens is 1. The Bertz CT molecular complexity index is 1360. The highest BCUT2D eigenvalue weighted by Gasteiger charge is 2.17. The van der Waals surface area contributed by atoms with Crippen LogP contribution in [-0.2, 0) is 0 Å². The molecule has 5 rings (SSSR count). The number of aryl methyl sites for hydroxylation is 1. The molecule has 0 atom stereocenters. The largest absolute Gasteiger partial charge is 0.346 e. The highest BCUT2D eigenvalue weighted by Crippen LogP contribution is 2.34. The lowest BCUT2D eigenvalue weighted by molar-refractivity contribution is 0.428. The minimum absolute atomic E-state index is 0.493. The molecule has 5 nitrogen and oxygen atoms in total. The van der Waals surface area contributed by atoms with Crippen molar-refractivity contribution in [1.29, 1.82) is 0 Å². The SMILES string of the molecule is CCCC(CCC)n1c(C)nc2ccc(-c3c[nH]c4ncc(-c5cccnc5)cc34)cc21. The summed E-state index contributed by atoms with van der Waals surface area (Å²) in [7, 11) is 0. The van der Waals surface area contributed by atoms with Gasteiger partial charge in [0, 0.05) is 52.9 Å². The molecular weight excluding hydrogens is 394 g/mol. The Labute approximate surface area is 188 Å². The average molecular weight is 424 g/mol. The van der Waals surface area contributed by atoms with Crippen molar-refractivity contribution in [1.82, 2.24) is 24.5 Å². The predicted octanol–water partition coefficient (Wildman–Crippen LogP) is 7.09. The van der Waals surface area contributed by atoms with Crippen molar-refractivity contribution >= 4 is 22.1 Å². The number of aromatic amines is 1. The molecule has 0 spiro atoms. The summed E-state index contributed by atoms with van der Waals surface area (Å²) in [6, 6.07) is 13.3. The van der Waals surface area contributed by atoms with Gasteiger partial charge in [0.05, 0.1) is 11.0 Å². The van der Waals surface area contributed by atoms with Crippen LogP contribution in [0.2, 0.25) is 0 Å². The van der Waals surface area contributed by atoms with Crippen molar-refractivity contribution in [3.63, 3.8) is 0 Å². The van der Waals surface area contributed by atoms with Gasteiger partial charge in [-0.1, -0.05) is 38.8 Å². The lowest BCUT2D eigenvalue weighted by Gasteiger charge is -2.20. The zero-order chi connectivity index (χ0) is 22.1. The number of hydrogen-bond acceptors (Lipinski definition) is 3. The second kappa shape index (κ2) is 8.58. The molecule has 5 aromatic rings. The quantitative estimate of drug-likeness (QED) is 0.304. The first-order chi connectivity index (χ1) is 15.7. The number of pyridine rings is 2. The van der Waals surface area contributed by atoms with Gasteiger partial charge in [0.2, 0.25) is 0 Å². The Morgan fingerprint density at radius 3 is 2.56 bits per heavy atom. The van der Waals surface area contributed by atoms with Crippen LogP contribution in [0.3, 0.4) is 0 Å². The second-order valence-electron chi connectivity index (χ2n) is 8.53. The van der Waals surface area contributed by atoms with Crippen LogP contribution in [-0.4, -0.2) is 24.5 Å². The van der Waals surface area contributed by atoms with Crippen molar-refractivity contribution in [3.05, 3.63) is 67.0 Å².